The number of hydrogen-bond donors (Lipinski definition) is 1. The summed E-state index contributed by atoms with van der Waals surface area (Å²) in [5.41, 5.74) is 2.61. The molecule has 4 heteroatoms. The minimum atomic E-state index is -0.413. The maximum atomic E-state index is 11.0. The average molecular weight is 219 g/mol. The third-order valence-corrected chi connectivity index (χ3v) is 2.34. The summed E-state index contributed by atoms with van der Waals surface area (Å²) >= 11 is 0. The highest BCUT2D eigenvalue weighted by atomic mass is 16.5. The number of nitrogens with one attached hydrogen (secondary N) is 1. The smallest absolute Gasteiger partial charge is 0.411 e. The molecule has 1 aliphatic heterocycles. The van der Waals surface area contributed by atoms with Crippen molar-refractivity contribution in [3.05, 3.63) is 35.9 Å². The van der Waals surface area contributed by atoms with E-state index >= 15 is 0 Å². The van der Waals surface area contributed by atoms with Crippen LogP contribution >= 0.6 is 0 Å². The zero-order chi connectivity index (χ0) is 11.5. The quantitative estimate of drug-likeness (QED) is 0.795. The lowest BCUT2D eigenvalue weighted by Crippen LogP contribution is -2.20. The van der Waals surface area contributed by atoms with Crippen molar-refractivity contribution in [3.63, 3.8) is 0 Å². The standard InChI is InChI=1S/C12H13NO3/c1-3-15-8(2)9-4-5-11-10(6-9)7-16-12(14)13-11/h4-6H,2-3,7H2,1H3,(H,13,14). The van der Waals surface area contributed by atoms with Gasteiger partial charge >= 0.3 is 6.09 Å². The van der Waals surface area contributed by atoms with Crippen molar-refractivity contribution in [1.29, 1.82) is 0 Å². The molecule has 0 aliphatic carbocycles. The van der Waals surface area contributed by atoms with Crippen LogP contribution in [0, 0.1) is 0 Å². The molecule has 0 spiro atoms. The Morgan fingerprint density at radius 1 is 1.62 bits per heavy atom. The van der Waals surface area contributed by atoms with Gasteiger partial charge in [-0.15, -0.1) is 0 Å². The minimum absolute atomic E-state index is 0.286. The molecule has 1 N–H and O–H groups in total. The van der Waals surface area contributed by atoms with E-state index in [4.69, 9.17) is 9.47 Å². The van der Waals surface area contributed by atoms with Crippen LogP contribution in [0.5, 0.6) is 0 Å². The van der Waals surface area contributed by atoms with Crippen LogP contribution in [0.2, 0.25) is 0 Å². The maximum Gasteiger partial charge on any atom is 0.411 e. The Labute approximate surface area is 93.9 Å². The molecular weight excluding hydrogens is 206 g/mol. The fourth-order valence-electron chi connectivity index (χ4n) is 1.56. The fourth-order valence-corrected chi connectivity index (χ4v) is 1.56. The van der Waals surface area contributed by atoms with Gasteiger partial charge in [0.25, 0.3) is 0 Å². The number of anilines is 1. The van der Waals surface area contributed by atoms with Crippen molar-refractivity contribution >= 4 is 17.5 Å². The highest BCUT2D eigenvalue weighted by Gasteiger charge is 2.16. The molecule has 0 radical (unpaired) electrons. The first-order valence-electron chi connectivity index (χ1n) is 5.09. The Hall–Kier alpha value is -1.97. The predicted molar refractivity (Wildman–Crippen MR) is 60.9 cm³/mol. The summed E-state index contributed by atoms with van der Waals surface area (Å²) < 4.78 is 10.2. The summed E-state index contributed by atoms with van der Waals surface area (Å²) in [5.74, 6) is 0.627. The maximum absolute atomic E-state index is 11.0. The summed E-state index contributed by atoms with van der Waals surface area (Å²) in [6.45, 7) is 6.61. The second-order valence-corrected chi connectivity index (χ2v) is 3.43. The van der Waals surface area contributed by atoms with Gasteiger partial charge < -0.3 is 9.47 Å². The van der Waals surface area contributed by atoms with E-state index in [9.17, 15) is 4.79 Å². The summed E-state index contributed by atoms with van der Waals surface area (Å²) in [4.78, 5) is 11.0. The molecular formula is C12H13NO3. The molecule has 0 aromatic heterocycles. The molecule has 0 saturated carbocycles. The van der Waals surface area contributed by atoms with Gasteiger partial charge in [0.1, 0.15) is 12.4 Å². The number of benzene rings is 1. The van der Waals surface area contributed by atoms with Crippen molar-refractivity contribution in [1.82, 2.24) is 0 Å². The molecule has 1 aromatic rings. The van der Waals surface area contributed by atoms with Crippen LogP contribution < -0.4 is 5.32 Å². The van der Waals surface area contributed by atoms with Crippen LogP contribution in [-0.4, -0.2) is 12.7 Å². The number of carbonyl (C=O) groups excluding carboxylic acids is 1. The van der Waals surface area contributed by atoms with Crippen molar-refractivity contribution < 1.29 is 14.3 Å². The van der Waals surface area contributed by atoms with Crippen LogP contribution in [0.3, 0.4) is 0 Å². The number of ether oxygens (including phenoxy) is 2. The van der Waals surface area contributed by atoms with Gasteiger partial charge in [-0.1, -0.05) is 6.58 Å². The van der Waals surface area contributed by atoms with Crippen molar-refractivity contribution in [2.75, 3.05) is 11.9 Å². The lowest BCUT2D eigenvalue weighted by molar-refractivity contribution is 0.151. The molecule has 0 atom stereocenters. The number of hydrogen-bond acceptors (Lipinski definition) is 3. The van der Waals surface area contributed by atoms with Gasteiger partial charge in [-0.2, -0.15) is 0 Å². The first-order chi connectivity index (χ1) is 7.70. The fraction of sp³-hybridized carbons (Fsp3) is 0.250. The van der Waals surface area contributed by atoms with Gasteiger partial charge in [0.05, 0.1) is 12.3 Å². The molecule has 0 saturated heterocycles. The van der Waals surface area contributed by atoms with Crippen LogP contribution in [0.15, 0.2) is 24.8 Å². The zero-order valence-corrected chi connectivity index (χ0v) is 9.08. The van der Waals surface area contributed by atoms with Gasteiger partial charge in [0, 0.05) is 11.1 Å². The Bertz CT molecular complexity index is 440. The molecule has 1 heterocycles. The van der Waals surface area contributed by atoms with E-state index in [1.807, 2.05) is 25.1 Å². The second-order valence-electron chi connectivity index (χ2n) is 3.43. The Morgan fingerprint density at radius 3 is 3.19 bits per heavy atom. The topological polar surface area (TPSA) is 47.6 Å². The summed E-state index contributed by atoms with van der Waals surface area (Å²) in [6, 6.07) is 5.60. The molecule has 0 fully saturated rings. The van der Waals surface area contributed by atoms with Crippen LogP contribution in [0.4, 0.5) is 10.5 Å². The molecule has 16 heavy (non-hydrogen) atoms. The van der Waals surface area contributed by atoms with Gasteiger partial charge in [0.15, 0.2) is 0 Å². The van der Waals surface area contributed by atoms with Gasteiger partial charge in [-0.3, -0.25) is 5.32 Å². The molecule has 0 unspecified atom stereocenters. The molecule has 1 aromatic carbocycles. The Balaban J connectivity index is 2.26. The highest BCUT2D eigenvalue weighted by Crippen LogP contribution is 2.25. The third-order valence-electron chi connectivity index (χ3n) is 2.34. The number of fused-ring (bicyclic) bond motifs is 1. The van der Waals surface area contributed by atoms with Gasteiger partial charge in [-0.05, 0) is 25.1 Å². The van der Waals surface area contributed by atoms with Gasteiger partial charge in [0.2, 0.25) is 0 Å². The normalized spacial score (nSPS) is 13.4. The average Bonchev–Trinajstić information content (AvgIpc) is 2.28. The SMILES string of the molecule is C=C(OCC)c1ccc2c(c1)COC(=O)N2. The first-order valence-corrected chi connectivity index (χ1v) is 5.09. The van der Waals surface area contributed by atoms with E-state index < -0.39 is 6.09 Å². The first kappa shape index (κ1) is 10.5. The second kappa shape index (κ2) is 4.26. The van der Waals surface area contributed by atoms with E-state index in [-0.39, 0.29) is 6.61 Å². The van der Waals surface area contributed by atoms with Crippen molar-refractivity contribution in [3.8, 4) is 0 Å². The third kappa shape index (κ3) is 2.00. The minimum Gasteiger partial charge on any atom is -0.494 e. The number of cyclic esters (lactones) is 1. The summed E-state index contributed by atoms with van der Waals surface area (Å²) in [5, 5.41) is 2.63. The summed E-state index contributed by atoms with van der Waals surface area (Å²) in [6.07, 6.45) is -0.413. The van der Waals surface area contributed by atoms with E-state index in [0.717, 1.165) is 16.8 Å². The number of amides is 1. The lowest BCUT2D eigenvalue weighted by atomic mass is 10.1. The largest absolute Gasteiger partial charge is 0.494 e. The van der Waals surface area contributed by atoms with Crippen molar-refractivity contribution in [2.45, 2.75) is 13.5 Å². The van der Waals surface area contributed by atoms with Crippen molar-refractivity contribution in [2.24, 2.45) is 0 Å². The van der Waals surface area contributed by atoms with Crippen LogP contribution in [0.1, 0.15) is 18.1 Å². The van der Waals surface area contributed by atoms with Crippen LogP contribution in [0.25, 0.3) is 5.76 Å². The molecule has 1 aliphatic rings. The molecule has 4 nitrogen and oxygen atoms in total. The van der Waals surface area contributed by atoms with E-state index in [1.54, 1.807) is 0 Å². The van der Waals surface area contributed by atoms with Gasteiger partial charge in [-0.25, -0.2) is 4.79 Å². The molecule has 84 valence electrons. The Kier molecular flexibility index (Phi) is 2.81. The number of carbonyl (C=O) groups is 1. The molecule has 2 rings (SSSR count). The Morgan fingerprint density at radius 2 is 2.44 bits per heavy atom. The predicted octanol–water partition coefficient (Wildman–Crippen LogP) is 2.76. The highest BCUT2D eigenvalue weighted by molar-refractivity contribution is 5.87. The molecule has 1 amide bonds. The monoisotopic (exact) mass is 219 g/mol. The van der Waals surface area contributed by atoms with E-state index in [0.29, 0.717) is 12.4 Å². The lowest BCUT2D eigenvalue weighted by Gasteiger charge is -2.18. The van der Waals surface area contributed by atoms with E-state index in [2.05, 4.69) is 11.9 Å². The number of rotatable bonds is 3. The van der Waals surface area contributed by atoms with E-state index in [1.165, 1.54) is 0 Å². The molecule has 0 bridgehead atoms. The summed E-state index contributed by atoms with van der Waals surface area (Å²) in [7, 11) is 0. The van der Waals surface area contributed by atoms with Crippen LogP contribution in [-0.2, 0) is 16.1 Å². The zero-order valence-electron chi connectivity index (χ0n) is 9.08.